The first kappa shape index (κ1) is 39.5. The van der Waals surface area contributed by atoms with Gasteiger partial charge in [0.2, 0.25) is 0 Å². The van der Waals surface area contributed by atoms with Crippen molar-refractivity contribution in [3.05, 3.63) is 100 Å². The van der Waals surface area contributed by atoms with Crippen molar-refractivity contribution in [2.45, 2.75) is 79.8 Å². The minimum Gasteiger partial charge on any atom is -0.342 e. The summed E-state index contributed by atoms with van der Waals surface area (Å²) < 4.78 is 0. The quantitative estimate of drug-likeness (QED) is 0.146. The van der Waals surface area contributed by atoms with E-state index in [4.69, 9.17) is 38.2 Å². The normalized spacial score (nSPS) is 12.0. The van der Waals surface area contributed by atoms with Crippen LogP contribution in [0.25, 0.3) is 0 Å². The molecule has 0 aliphatic rings. The van der Waals surface area contributed by atoms with E-state index >= 15 is 0 Å². The van der Waals surface area contributed by atoms with Crippen LogP contribution in [-0.4, -0.2) is 32.6 Å². The van der Waals surface area contributed by atoms with Gasteiger partial charge in [0, 0.05) is 0 Å². The minimum atomic E-state index is -0.861. The fourth-order valence-electron chi connectivity index (χ4n) is 3.23. The van der Waals surface area contributed by atoms with Gasteiger partial charge in [-0.1, -0.05) is 107 Å². The van der Waals surface area contributed by atoms with Crippen LogP contribution < -0.4 is 0 Å². The molecule has 0 N–H and O–H groups in total. The van der Waals surface area contributed by atoms with Gasteiger partial charge in [-0.15, -0.1) is 16.1 Å². The molecular formula is C33H47Cl2FeN3Si2. The number of hydrogen-bond acceptors (Lipinski definition) is 3. The van der Waals surface area contributed by atoms with Crippen LogP contribution in [0.5, 0.6) is 0 Å². The minimum absolute atomic E-state index is 0. The van der Waals surface area contributed by atoms with Crippen molar-refractivity contribution in [2.24, 2.45) is 9.98 Å². The molecule has 0 aliphatic heterocycles. The molecule has 0 fully saturated rings. The van der Waals surface area contributed by atoms with Crippen molar-refractivity contribution in [3.8, 4) is 0 Å². The van der Waals surface area contributed by atoms with Gasteiger partial charge in [0.1, 0.15) is 0 Å². The number of aromatic nitrogens is 1. The Labute approximate surface area is 272 Å². The molecule has 0 spiro atoms. The molecule has 2 aromatic carbocycles. The van der Waals surface area contributed by atoms with Crippen molar-refractivity contribution >= 4 is 62.1 Å². The van der Waals surface area contributed by atoms with E-state index in [1.165, 1.54) is 0 Å². The summed E-state index contributed by atoms with van der Waals surface area (Å²) in [6, 6.07) is 17.6. The largest absolute Gasteiger partial charge is 2.00 e. The second kappa shape index (κ2) is 18.2. The Morgan fingerprint density at radius 3 is 1.24 bits per heavy atom. The average molecular weight is 669 g/mol. The number of rotatable bonds is 6. The van der Waals surface area contributed by atoms with Crippen LogP contribution in [0.4, 0.5) is 11.4 Å². The molecule has 3 nitrogen and oxygen atoms in total. The first-order valence-electron chi connectivity index (χ1n) is 13.8. The fourth-order valence-corrected chi connectivity index (χ4v) is 3.70. The molecule has 1 aromatic heterocycles. The van der Waals surface area contributed by atoms with Crippen LogP contribution in [0.2, 0.25) is 49.3 Å². The molecule has 0 unspecified atom stereocenters. The van der Waals surface area contributed by atoms with Crippen LogP contribution in [0, 0.1) is 13.1 Å². The first-order valence-corrected chi connectivity index (χ1v) is 22.0. The van der Waals surface area contributed by atoms with E-state index in [1.54, 1.807) is 0 Å². The predicted octanol–water partition coefficient (Wildman–Crippen LogP) is 11.2. The third-order valence-corrected chi connectivity index (χ3v) is 5.56. The average Bonchev–Trinajstić information content (AvgIpc) is 2.84. The van der Waals surface area contributed by atoms with Gasteiger partial charge in [-0.2, -0.15) is 0 Å². The van der Waals surface area contributed by atoms with Crippen molar-refractivity contribution in [2.75, 3.05) is 0 Å². The van der Waals surface area contributed by atoms with E-state index < -0.39 is 16.1 Å². The maximum absolute atomic E-state index is 6.40. The number of pyridine rings is 1. The molecule has 41 heavy (non-hydrogen) atoms. The summed E-state index contributed by atoms with van der Waals surface area (Å²) in [4.78, 5) is 14.4. The topological polar surface area (TPSA) is 37.6 Å². The second-order valence-electron chi connectivity index (χ2n) is 12.1. The van der Waals surface area contributed by atoms with E-state index in [0.29, 0.717) is 10.0 Å². The van der Waals surface area contributed by atoms with Gasteiger partial charge in [0.15, 0.2) is 0 Å². The zero-order valence-electron chi connectivity index (χ0n) is 26.5. The van der Waals surface area contributed by atoms with E-state index in [9.17, 15) is 0 Å². The smallest absolute Gasteiger partial charge is 0.342 e. The Balaban J connectivity index is 0.00000125. The number of nitrogens with zero attached hydrogens (tertiary/aromatic N) is 3. The Bertz CT molecular complexity index is 1200. The summed E-state index contributed by atoms with van der Waals surface area (Å²) in [5.74, 6) is 0. The van der Waals surface area contributed by atoms with Gasteiger partial charge < -0.3 is 13.1 Å². The number of hydrogen-bond donors (Lipinski definition) is 0. The van der Waals surface area contributed by atoms with Crippen LogP contribution >= 0.6 is 23.2 Å². The molecule has 0 bridgehead atoms. The zero-order chi connectivity index (χ0) is 30.7. The summed E-state index contributed by atoms with van der Waals surface area (Å²) in [5.41, 5.74) is 7.03. The molecule has 3 aromatic rings. The van der Waals surface area contributed by atoms with Crippen LogP contribution in [0.3, 0.4) is 0 Å². The van der Waals surface area contributed by atoms with Gasteiger partial charge in [0.25, 0.3) is 0 Å². The molecule has 0 saturated carbocycles. The number of aliphatic imine (C=N–C) groups is 2. The standard InChI is InChI=1S/C25H25Cl2N3.2C4H11Si.Fe/c1-5-18-10-7-12-20(26)24(18)28-16(3)22-14-9-15-23(30-22)17(4)29-25-19(6-2)11-8-13-21(25)27;2*1-5(2,3)4;/h7-15H,5-6H2,1-4H3;2*1H2,2-4H3;/q;2*-1;+2. The van der Waals surface area contributed by atoms with Crippen LogP contribution in [-0.2, 0) is 29.9 Å². The number of aryl methyl sites for hydroxylation is 2. The molecule has 224 valence electrons. The summed E-state index contributed by atoms with van der Waals surface area (Å²) in [7, 11) is -1.72. The predicted molar refractivity (Wildman–Crippen MR) is 187 cm³/mol. The molecule has 8 heteroatoms. The van der Waals surface area contributed by atoms with Gasteiger partial charge >= 0.3 is 17.1 Å². The summed E-state index contributed by atoms with van der Waals surface area (Å²) >= 11 is 12.8. The van der Waals surface area contributed by atoms with Gasteiger partial charge in [-0.3, -0.25) is 0 Å². The molecule has 0 saturated heterocycles. The van der Waals surface area contributed by atoms with Gasteiger partial charge in [0.05, 0.1) is 44.2 Å². The van der Waals surface area contributed by atoms with Crippen LogP contribution in [0.15, 0.2) is 64.6 Å². The maximum Gasteiger partial charge on any atom is 2.00 e. The second-order valence-corrected chi connectivity index (χ2v) is 23.2. The molecule has 1 heterocycles. The maximum atomic E-state index is 6.40. The summed E-state index contributed by atoms with van der Waals surface area (Å²) in [6.07, 6.45) is 1.73. The van der Waals surface area contributed by atoms with E-state index in [0.717, 1.165) is 58.2 Å². The van der Waals surface area contributed by atoms with Crippen molar-refractivity contribution in [1.82, 2.24) is 4.98 Å². The van der Waals surface area contributed by atoms with E-state index in [1.807, 2.05) is 68.4 Å². The Morgan fingerprint density at radius 1 is 0.659 bits per heavy atom. The third-order valence-electron chi connectivity index (χ3n) is 4.95. The zero-order valence-corrected chi connectivity index (χ0v) is 31.1. The fraction of sp³-hybridized carbons (Fsp3) is 0.364. The van der Waals surface area contributed by atoms with E-state index in [2.05, 4.69) is 66.2 Å². The van der Waals surface area contributed by atoms with Crippen molar-refractivity contribution in [1.29, 1.82) is 0 Å². The van der Waals surface area contributed by atoms with E-state index in [-0.39, 0.29) is 17.1 Å². The van der Waals surface area contributed by atoms with Gasteiger partial charge in [-0.25, -0.2) is 15.0 Å². The Morgan fingerprint density at radius 2 is 0.951 bits per heavy atom. The first-order chi connectivity index (χ1) is 18.4. The van der Waals surface area contributed by atoms with Crippen molar-refractivity contribution in [3.63, 3.8) is 0 Å². The molecule has 3 rings (SSSR count). The summed E-state index contributed by atoms with van der Waals surface area (Å²) in [6.45, 7) is 29.2. The number of benzene rings is 2. The number of para-hydroxylation sites is 2. The van der Waals surface area contributed by atoms with Crippen molar-refractivity contribution < 1.29 is 17.1 Å². The monoisotopic (exact) mass is 667 g/mol. The van der Waals surface area contributed by atoms with Crippen LogP contribution in [0.1, 0.15) is 50.2 Å². The van der Waals surface area contributed by atoms with Gasteiger partial charge in [-0.05, 0) is 62.1 Å². The third kappa shape index (κ3) is 16.0. The summed E-state index contributed by atoms with van der Waals surface area (Å²) in [5, 5.41) is 1.29. The molecule has 0 radical (unpaired) electrons. The number of halogens is 2. The molecule has 0 aliphatic carbocycles. The molecular weight excluding hydrogens is 621 g/mol. The Kier molecular flexibility index (Phi) is 17.5. The SMILES string of the molecule is CCc1cccc(Cl)c1N=C(C)c1cccc(C(C)=Nc2c(Cl)cccc2CC)n1.[CH2-][Si](C)(C)C.[CH2-][Si](C)(C)C.[Fe+2]. The molecule has 0 amide bonds. The Hall–Kier alpha value is -1.54. The molecule has 0 atom stereocenters.